The van der Waals surface area contributed by atoms with E-state index in [0.29, 0.717) is 22.5 Å². The first kappa shape index (κ1) is 15.8. The molecule has 0 aliphatic rings. The third-order valence-corrected chi connectivity index (χ3v) is 4.00. The van der Waals surface area contributed by atoms with Crippen LogP contribution in [0.4, 0.5) is 0 Å². The number of H-pyrrole nitrogens is 1. The van der Waals surface area contributed by atoms with Crippen LogP contribution in [0.25, 0.3) is 10.9 Å². The summed E-state index contributed by atoms with van der Waals surface area (Å²) >= 11 is 6.15. The smallest absolute Gasteiger partial charge is 0.189 e. The Hall–Kier alpha value is -2.11. The molecule has 6 heteroatoms. The summed E-state index contributed by atoms with van der Waals surface area (Å²) in [6.45, 7) is 4.36. The molecule has 2 heterocycles. The number of para-hydroxylation sites is 1. The van der Waals surface area contributed by atoms with Gasteiger partial charge in [-0.1, -0.05) is 17.7 Å². The van der Waals surface area contributed by atoms with Crippen molar-refractivity contribution in [3.63, 3.8) is 0 Å². The molecule has 0 amide bonds. The molecular formula is C17H19ClN4O. The molecule has 0 saturated carbocycles. The second-order valence-corrected chi connectivity index (χ2v) is 6.04. The third-order valence-electron chi connectivity index (χ3n) is 3.69. The van der Waals surface area contributed by atoms with Crippen LogP contribution in [-0.4, -0.2) is 21.3 Å². The first-order valence-corrected chi connectivity index (χ1v) is 8.01. The normalized spacial score (nSPS) is 11.2. The SMILES string of the molecule is Cc1cnn(CCCNCc2cc(=O)c3cccc(Cl)c3[nH]2)c1. The first-order valence-electron chi connectivity index (χ1n) is 7.64. The zero-order valence-electron chi connectivity index (χ0n) is 13.0. The number of aromatic nitrogens is 3. The Kier molecular flexibility index (Phi) is 4.79. The number of hydrogen-bond acceptors (Lipinski definition) is 3. The Morgan fingerprint density at radius 1 is 1.39 bits per heavy atom. The number of fused-ring (bicyclic) bond motifs is 1. The van der Waals surface area contributed by atoms with Gasteiger partial charge in [-0.15, -0.1) is 0 Å². The van der Waals surface area contributed by atoms with E-state index in [0.717, 1.165) is 25.2 Å². The minimum absolute atomic E-state index is 0.00920. The van der Waals surface area contributed by atoms with Crippen molar-refractivity contribution in [2.45, 2.75) is 26.4 Å². The van der Waals surface area contributed by atoms with Crippen molar-refractivity contribution in [1.82, 2.24) is 20.1 Å². The molecule has 2 N–H and O–H groups in total. The largest absolute Gasteiger partial charge is 0.356 e. The highest BCUT2D eigenvalue weighted by molar-refractivity contribution is 6.35. The summed E-state index contributed by atoms with van der Waals surface area (Å²) in [4.78, 5) is 15.3. The number of halogens is 1. The summed E-state index contributed by atoms with van der Waals surface area (Å²) in [5.74, 6) is 0. The minimum Gasteiger partial charge on any atom is -0.356 e. The van der Waals surface area contributed by atoms with E-state index in [-0.39, 0.29) is 5.43 Å². The number of aromatic amines is 1. The molecule has 0 unspecified atom stereocenters. The van der Waals surface area contributed by atoms with E-state index in [1.807, 2.05) is 24.0 Å². The van der Waals surface area contributed by atoms with E-state index in [9.17, 15) is 4.79 Å². The molecule has 3 aromatic rings. The van der Waals surface area contributed by atoms with Crippen molar-refractivity contribution in [2.24, 2.45) is 0 Å². The number of benzene rings is 1. The van der Waals surface area contributed by atoms with E-state index in [2.05, 4.69) is 15.4 Å². The van der Waals surface area contributed by atoms with Gasteiger partial charge in [0.1, 0.15) is 0 Å². The number of aryl methyl sites for hydroxylation is 2. The lowest BCUT2D eigenvalue weighted by molar-refractivity contribution is 0.541. The predicted octanol–water partition coefficient (Wildman–Crippen LogP) is 2.87. The standard InChI is InChI=1S/C17H19ClN4O/c1-12-9-20-22(11-12)7-3-6-19-10-13-8-16(23)14-4-2-5-15(18)17(14)21-13/h2,4-5,8-9,11,19H,3,6-7,10H2,1H3,(H,21,23). The molecular weight excluding hydrogens is 312 g/mol. The van der Waals surface area contributed by atoms with Crippen molar-refractivity contribution >= 4 is 22.5 Å². The fourth-order valence-corrected chi connectivity index (χ4v) is 2.78. The quantitative estimate of drug-likeness (QED) is 0.683. The maximum atomic E-state index is 12.1. The van der Waals surface area contributed by atoms with E-state index < -0.39 is 0 Å². The highest BCUT2D eigenvalue weighted by atomic mass is 35.5. The summed E-state index contributed by atoms with van der Waals surface area (Å²) in [6.07, 6.45) is 4.86. The minimum atomic E-state index is -0.00920. The third kappa shape index (κ3) is 3.81. The Morgan fingerprint density at radius 2 is 2.26 bits per heavy atom. The molecule has 120 valence electrons. The molecule has 0 radical (unpaired) electrons. The lowest BCUT2D eigenvalue weighted by Gasteiger charge is -2.07. The summed E-state index contributed by atoms with van der Waals surface area (Å²) in [5, 5.41) is 8.78. The van der Waals surface area contributed by atoms with Gasteiger partial charge in [-0.25, -0.2) is 0 Å². The molecule has 2 aromatic heterocycles. The van der Waals surface area contributed by atoms with Gasteiger partial charge in [0.2, 0.25) is 0 Å². The van der Waals surface area contributed by atoms with Crippen LogP contribution in [-0.2, 0) is 13.1 Å². The van der Waals surface area contributed by atoms with E-state index in [1.165, 1.54) is 5.56 Å². The Morgan fingerprint density at radius 3 is 3.04 bits per heavy atom. The lowest BCUT2D eigenvalue weighted by Crippen LogP contribution is -2.19. The van der Waals surface area contributed by atoms with Crippen LogP contribution in [0, 0.1) is 6.92 Å². The van der Waals surface area contributed by atoms with Gasteiger partial charge in [0.15, 0.2) is 5.43 Å². The molecule has 0 bridgehead atoms. The van der Waals surface area contributed by atoms with Crippen molar-refractivity contribution in [3.05, 3.63) is 63.2 Å². The summed E-state index contributed by atoms with van der Waals surface area (Å²) in [6, 6.07) is 6.98. The van der Waals surface area contributed by atoms with E-state index in [4.69, 9.17) is 11.6 Å². The number of pyridine rings is 1. The highest BCUT2D eigenvalue weighted by Gasteiger charge is 2.05. The monoisotopic (exact) mass is 330 g/mol. The van der Waals surface area contributed by atoms with Gasteiger partial charge in [-0.3, -0.25) is 9.48 Å². The van der Waals surface area contributed by atoms with Crippen LogP contribution in [0.1, 0.15) is 17.7 Å². The molecule has 3 rings (SSSR count). The van der Waals surface area contributed by atoms with Crippen molar-refractivity contribution < 1.29 is 0 Å². The Balaban J connectivity index is 1.57. The summed E-state index contributed by atoms with van der Waals surface area (Å²) in [7, 11) is 0. The predicted molar refractivity (Wildman–Crippen MR) is 92.9 cm³/mol. The molecule has 1 aromatic carbocycles. The van der Waals surface area contributed by atoms with Gasteiger partial charge >= 0.3 is 0 Å². The fraction of sp³-hybridized carbons (Fsp3) is 0.294. The average molecular weight is 331 g/mol. The fourth-order valence-electron chi connectivity index (χ4n) is 2.56. The van der Waals surface area contributed by atoms with Crippen molar-refractivity contribution in [1.29, 1.82) is 0 Å². The van der Waals surface area contributed by atoms with Gasteiger partial charge < -0.3 is 10.3 Å². The molecule has 0 saturated heterocycles. The Bertz CT molecular complexity index is 868. The molecule has 0 aliphatic carbocycles. The second-order valence-electron chi connectivity index (χ2n) is 5.63. The zero-order valence-corrected chi connectivity index (χ0v) is 13.7. The number of rotatable bonds is 6. The van der Waals surface area contributed by atoms with Crippen LogP contribution < -0.4 is 10.7 Å². The van der Waals surface area contributed by atoms with Gasteiger partial charge in [0.25, 0.3) is 0 Å². The van der Waals surface area contributed by atoms with Gasteiger partial charge in [-0.2, -0.15) is 5.10 Å². The van der Waals surface area contributed by atoms with E-state index >= 15 is 0 Å². The number of hydrogen-bond donors (Lipinski definition) is 2. The van der Waals surface area contributed by atoms with Gasteiger partial charge in [-0.05, 0) is 37.6 Å². The van der Waals surface area contributed by atoms with Crippen LogP contribution >= 0.6 is 11.6 Å². The van der Waals surface area contributed by atoms with Gasteiger partial charge in [0.05, 0.1) is 16.7 Å². The number of nitrogens with one attached hydrogen (secondary N) is 2. The van der Waals surface area contributed by atoms with Crippen molar-refractivity contribution in [3.8, 4) is 0 Å². The van der Waals surface area contributed by atoms with Crippen LogP contribution in [0.2, 0.25) is 5.02 Å². The summed E-state index contributed by atoms with van der Waals surface area (Å²) < 4.78 is 1.94. The topological polar surface area (TPSA) is 62.7 Å². The number of nitrogens with zero attached hydrogens (tertiary/aromatic N) is 2. The Labute approximate surface area is 139 Å². The van der Waals surface area contributed by atoms with Crippen LogP contribution in [0.3, 0.4) is 0 Å². The van der Waals surface area contributed by atoms with Gasteiger partial charge in [0, 0.05) is 36.4 Å². The molecule has 0 aliphatic heterocycles. The second kappa shape index (κ2) is 6.98. The molecule has 0 atom stereocenters. The zero-order chi connectivity index (χ0) is 16.2. The molecule has 0 fully saturated rings. The average Bonchev–Trinajstić information content (AvgIpc) is 2.94. The maximum absolute atomic E-state index is 12.1. The molecule has 23 heavy (non-hydrogen) atoms. The summed E-state index contributed by atoms with van der Waals surface area (Å²) in [5.41, 5.74) is 2.70. The molecule has 0 spiro atoms. The van der Waals surface area contributed by atoms with Crippen LogP contribution in [0.15, 0.2) is 41.5 Å². The van der Waals surface area contributed by atoms with Crippen molar-refractivity contribution in [2.75, 3.05) is 6.54 Å². The maximum Gasteiger partial charge on any atom is 0.189 e. The molecule has 5 nitrogen and oxygen atoms in total. The first-order chi connectivity index (χ1) is 11.1. The van der Waals surface area contributed by atoms with Crippen LogP contribution in [0.5, 0.6) is 0 Å². The lowest BCUT2D eigenvalue weighted by atomic mass is 10.2. The highest BCUT2D eigenvalue weighted by Crippen LogP contribution is 2.18. The van der Waals surface area contributed by atoms with E-state index in [1.54, 1.807) is 24.3 Å².